The van der Waals surface area contributed by atoms with Gasteiger partial charge >= 0.3 is 11.9 Å². The normalized spacial score (nSPS) is 12.1. The maximum Gasteiger partial charge on any atom is 0.327 e. The zero-order valence-electron chi connectivity index (χ0n) is 14.5. The zero-order valence-corrected chi connectivity index (χ0v) is 17.0. The molecule has 0 heterocycles. The predicted molar refractivity (Wildman–Crippen MR) is 90.5 cm³/mol. The molecule has 0 aliphatic rings. The second kappa shape index (κ2) is 20.1. The van der Waals surface area contributed by atoms with Crippen molar-refractivity contribution in [1.82, 2.24) is 0 Å². The molecule has 0 spiro atoms. The van der Waals surface area contributed by atoms with Crippen molar-refractivity contribution in [1.29, 1.82) is 0 Å². The van der Waals surface area contributed by atoms with Gasteiger partial charge in [0.05, 0.1) is 11.8 Å². The maximum absolute atomic E-state index is 10.9. The molecule has 0 fully saturated rings. The van der Waals surface area contributed by atoms with Gasteiger partial charge in [0, 0.05) is 16.5 Å². The number of unbranched alkanes of at least 4 members (excludes halogenated alkanes) is 2. The molecule has 0 aromatic carbocycles. The molecule has 0 bridgehead atoms. The fourth-order valence-electron chi connectivity index (χ4n) is 2.00. The third-order valence-corrected chi connectivity index (χ3v) is 3.92. The van der Waals surface area contributed by atoms with E-state index in [0.717, 1.165) is 51.4 Å². The first-order chi connectivity index (χ1) is 10.5. The van der Waals surface area contributed by atoms with E-state index < -0.39 is 0 Å². The van der Waals surface area contributed by atoms with Crippen molar-refractivity contribution in [3.63, 3.8) is 0 Å². The van der Waals surface area contributed by atoms with Gasteiger partial charge in [-0.25, -0.2) is 0 Å². The number of rotatable bonds is 10. The van der Waals surface area contributed by atoms with E-state index in [1.54, 1.807) is 0 Å². The molecule has 2 unspecified atom stereocenters. The second-order valence-corrected chi connectivity index (χ2v) is 5.60. The van der Waals surface area contributed by atoms with E-state index in [0.29, 0.717) is 0 Å². The molecule has 0 aliphatic heterocycles. The number of hydrogen-bond donors (Lipinski definition) is 0. The Kier molecular flexibility index (Phi) is 24.3. The Hall–Kier alpha value is 0.0135. The third-order valence-electron chi connectivity index (χ3n) is 3.62. The fraction of sp³-hybridized carbons (Fsp3) is 0.875. The molecular weight excluding hydrogens is 386 g/mol. The Labute approximate surface area is 161 Å². The minimum atomic E-state index is -0.289. The van der Waals surface area contributed by atoms with E-state index in [9.17, 15) is 9.59 Å². The molecule has 7 heteroatoms. The molecule has 4 nitrogen and oxygen atoms in total. The van der Waals surface area contributed by atoms with Gasteiger partial charge in [0.1, 0.15) is 23.7 Å². The van der Waals surface area contributed by atoms with E-state index in [4.69, 9.17) is 23.7 Å². The van der Waals surface area contributed by atoms with Crippen LogP contribution in [0.15, 0.2) is 0 Å². The summed E-state index contributed by atoms with van der Waals surface area (Å²) in [6.07, 6.45) is 7.72. The Morgan fingerprint density at radius 3 is 1.26 bits per heavy atom. The van der Waals surface area contributed by atoms with Crippen molar-refractivity contribution in [2.75, 3.05) is 0 Å². The molecule has 0 aliphatic carbocycles. The Morgan fingerprint density at radius 2 is 1.09 bits per heavy atom. The van der Waals surface area contributed by atoms with Crippen LogP contribution in [0.4, 0.5) is 0 Å². The van der Waals surface area contributed by atoms with Crippen LogP contribution in [0, 0.1) is 11.8 Å². The molecular formula is C16H30Cl2NiO4. The van der Waals surface area contributed by atoms with Crippen LogP contribution in [0.25, 0.3) is 0 Å². The molecule has 0 amide bonds. The SMILES string of the molecule is CCCCC(CC)C(=O)OCl.CCCCC(CC)C(=O)OCl.[Ni]. The van der Waals surface area contributed by atoms with Crippen LogP contribution in [0.5, 0.6) is 0 Å². The molecule has 2 atom stereocenters. The summed E-state index contributed by atoms with van der Waals surface area (Å²) in [5, 5.41) is 0. The Bertz CT molecular complexity index is 263. The average Bonchev–Trinajstić information content (AvgIpc) is 2.56. The topological polar surface area (TPSA) is 52.6 Å². The van der Waals surface area contributed by atoms with E-state index in [1.165, 1.54) is 0 Å². The van der Waals surface area contributed by atoms with Gasteiger partial charge in [-0.2, -0.15) is 0 Å². The quantitative estimate of drug-likeness (QED) is 0.423. The summed E-state index contributed by atoms with van der Waals surface area (Å²) >= 11 is 9.91. The monoisotopic (exact) mass is 414 g/mol. The Balaban J connectivity index is -0.000000333. The second-order valence-electron chi connectivity index (χ2n) is 5.29. The van der Waals surface area contributed by atoms with Gasteiger partial charge in [-0.15, -0.1) is 0 Å². The van der Waals surface area contributed by atoms with Crippen LogP contribution in [0.1, 0.15) is 79.1 Å². The maximum atomic E-state index is 10.9. The standard InChI is InChI=1S/2C8H15ClO2.Ni/c2*1-3-5-6-7(4-2)8(10)11-9;/h2*7H,3-6H2,1-2H3;. The van der Waals surface area contributed by atoms with Crippen LogP contribution in [0.3, 0.4) is 0 Å². The van der Waals surface area contributed by atoms with Crippen LogP contribution in [-0.4, -0.2) is 11.9 Å². The van der Waals surface area contributed by atoms with Gasteiger partial charge in [-0.3, -0.25) is 9.59 Å². The van der Waals surface area contributed by atoms with Gasteiger partial charge in [-0.1, -0.05) is 53.4 Å². The predicted octanol–water partition coefficient (Wildman–Crippen LogP) is 5.80. The van der Waals surface area contributed by atoms with Crippen molar-refractivity contribution >= 4 is 35.7 Å². The fourth-order valence-corrected chi connectivity index (χ4v) is 2.26. The molecule has 23 heavy (non-hydrogen) atoms. The van der Waals surface area contributed by atoms with E-state index >= 15 is 0 Å². The number of halogens is 2. The molecule has 0 aromatic heterocycles. The molecule has 0 radical (unpaired) electrons. The third kappa shape index (κ3) is 15.3. The summed E-state index contributed by atoms with van der Waals surface area (Å²) in [5.74, 6) is -0.592. The molecule has 142 valence electrons. The van der Waals surface area contributed by atoms with E-state index in [-0.39, 0.29) is 40.3 Å². The first-order valence-electron chi connectivity index (χ1n) is 8.16. The zero-order chi connectivity index (χ0) is 17.4. The van der Waals surface area contributed by atoms with Crippen molar-refractivity contribution < 1.29 is 34.7 Å². The van der Waals surface area contributed by atoms with Gasteiger partial charge in [0.2, 0.25) is 0 Å². The van der Waals surface area contributed by atoms with Crippen molar-refractivity contribution in [3.05, 3.63) is 0 Å². The summed E-state index contributed by atoms with van der Waals surface area (Å²) in [4.78, 5) is 21.8. The number of carbonyl (C=O) groups excluding carboxylic acids is 2. The van der Waals surface area contributed by atoms with Gasteiger partial charge in [0.25, 0.3) is 0 Å². The van der Waals surface area contributed by atoms with Gasteiger partial charge in [0.15, 0.2) is 0 Å². The molecule has 0 N–H and O–H groups in total. The average molecular weight is 416 g/mol. The number of carbonyl (C=O) groups is 2. The summed E-state index contributed by atoms with van der Waals surface area (Å²) in [5.41, 5.74) is 0. The summed E-state index contributed by atoms with van der Waals surface area (Å²) in [6.45, 7) is 8.12. The summed E-state index contributed by atoms with van der Waals surface area (Å²) < 4.78 is 8.27. The van der Waals surface area contributed by atoms with Crippen molar-refractivity contribution in [3.8, 4) is 0 Å². The first-order valence-corrected chi connectivity index (χ1v) is 8.78. The van der Waals surface area contributed by atoms with Crippen LogP contribution in [0.2, 0.25) is 0 Å². The molecule has 0 saturated carbocycles. The van der Waals surface area contributed by atoms with E-state index in [2.05, 4.69) is 22.4 Å². The van der Waals surface area contributed by atoms with Gasteiger partial charge in [-0.05, 0) is 25.7 Å². The molecule has 0 aromatic rings. The van der Waals surface area contributed by atoms with E-state index in [1.807, 2.05) is 13.8 Å². The van der Waals surface area contributed by atoms with Crippen LogP contribution in [-0.2, 0) is 34.7 Å². The molecule has 0 saturated heterocycles. The first kappa shape index (κ1) is 27.8. The number of hydrogen-bond acceptors (Lipinski definition) is 4. The van der Waals surface area contributed by atoms with Crippen LogP contribution < -0.4 is 0 Å². The van der Waals surface area contributed by atoms with Gasteiger partial charge < -0.3 is 8.58 Å². The van der Waals surface area contributed by atoms with Crippen molar-refractivity contribution in [2.24, 2.45) is 11.8 Å². The minimum Gasteiger partial charge on any atom is -0.347 e. The summed E-state index contributed by atoms with van der Waals surface area (Å²) in [6, 6.07) is 0. The van der Waals surface area contributed by atoms with Crippen molar-refractivity contribution in [2.45, 2.75) is 79.1 Å². The Morgan fingerprint density at radius 1 is 0.783 bits per heavy atom. The smallest absolute Gasteiger partial charge is 0.327 e. The largest absolute Gasteiger partial charge is 0.347 e. The molecule has 0 rings (SSSR count). The minimum absolute atomic E-state index is 0. The van der Waals surface area contributed by atoms with Crippen LogP contribution >= 0.6 is 23.7 Å². The summed E-state index contributed by atoms with van der Waals surface area (Å²) in [7, 11) is 0.